The van der Waals surface area contributed by atoms with Crippen LogP contribution in [0.3, 0.4) is 0 Å². The van der Waals surface area contributed by atoms with E-state index >= 15 is 0 Å². The summed E-state index contributed by atoms with van der Waals surface area (Å²) < 4.78 is 6.32. The third kappa shape index (κ3) is 4.83. The van der Waals surface area contributed by atoms with Gasteiger partial charge in [-0.2, -0.15) is 5.10 Å². The van der Waals surface area contributed by atoms with E-state index in [1.165, 1.54) is 6.07 Å². The van der Waals surface area contributed by atoms with Crippen LogP contribution in [-0.2, 0) is 11.2 Å². The minimum Gasteiger partial charge on any atom is -0.465 e. The number of carbonyl (C=O) groups is 2. The van der Waals surface area contributed by atoms with Crippen molar-refractivity contribution in [3.8, 4) is 5.69 Å². The largest absolute Gasteiger partial charge is 0.465 e. The maximum atomic E-state index is 12.4. The van der Waals surface area contributed by atoms with E-state index in [0.29, 0.717) is 13.0 Å². The summed E-state index contributed by atoms with van der Waals surface area (Å²) in [6, 6.07) is 13.1. The van der Waals surface area contributed by atoms with Gasteiger partial charge < -0.3 is 10.1 Å². The zero-order valence-electron chi connectivity index (χ0n) is 15.6. The minimum absolute atomic E-state index is 0.0135. The van der Waals surface area contributed by atoms with Gasteiger partial charge in [-0.15, -0.1) is 0 Å². The van der Waals surface area contributed by atoms with Crippen molar-refractivity contribution in [1.29, 1.82) is 0 Å². The highest BCUT2D eigenvalue weighted by molar-refractivity contribution is 5.98. The maximum absolute atomic E-state index is 12.4. The quantitative estimate of drug-likeness (QED) is 0.374. The Morgan fingerprint density at radius 3 is 2.59 bits per heavy atom. The Morgan fingerprint density at radius 2 is 1.90 bits per heavy atom. The Hall–Kier alpha value is -4.01. The molecule has 29 heavy (non-hydrogen) atoms. The molecule has 1 N–H and O–H groups in total. The van der Waals surface area contributed by atoms with Crippen molar-refractivity contribution in [1.82, 2.24) is 15.1 Å². The number of nitro groups is 1. The lowest BCUT2D eigenvalue weighted by Crippen LogP contribution is -2.26. The van der Waals surface area contributed by atoms with Gasteiger partial charge in [-0.3, -0.25) is 14.9 Å². The summed E-state index contributed by atoms with van der Waals surface area (Å²) in [5, 5.41) is 18.1. The second-order valence-corrected chi connectivity index (χ2v) is 6.15. The summed E-state index contributed by atoms with van der Waals surface area (Å²) in [5.41, 5.74) is 1.44. The van der Waals surface area contributed by atoms with Gasteiger partial charge in [-0.1, -0.05) is 18.2 Å². The van der Waals surface area contributed by atoms with Crippen molar-refractivity contribution in [3.05, 3.63) is 87.7 Å². The van der Waals surface area contributed by atoms with Crippen LogP contribution in [0.2, 0.25) is 0 Å². The number of carbonyl (C=O) groups excluding carboxylic acids is 2. The zero-order valence-corrected chi connectivity index (χ0v) is 15.6. The first-order chi connectivity index (χ1) is 14.0. The minimum atomic E-state index is -0.754. The van der Waals surface area contributed by atoms with Gasteiger partial charge in [0.2, 0.25) is 0 Å². The number of ether oxygens (including phenoxy) is 1. The topological polar surface area (TPSA) is 116 Å². The monoisotopic (exact) mass is 394 g/mol. The highest BCUT2D eigenvalue weighted by atomic mass is 16.6. The van der Waals surface area contributed by atoms with Gasteiger partial charge in [0.15, 0.2) is 0 Å². The molecule has 1 aromatic heterocycles. The van der Waals surface area contributed by atoms with Gasteiger partial charge in [0, 0.05) is 30.4 Å². The van der Waals surface area contributed by atoms with Crippen LogP contribution in [0.15, 0.2) is 60.9 Å². The Balaban J connectivity index is 1.65. The van der Waals surface area contributed by atoms with Crippen LogP contribution in [0.25, 0.3) is 5.69 Å². The lowest BCUT2D eigenvalue weighted by molar-refractivity contribution is -0.384. The molecule has 2 aromatic carbocycles. The summed E-state index contributed by atoms with van der Waals surface area (Å²) in [6.45, 7) is 0.301. The Morgan fingerprint density at radius 1 is 1.17 bits per heavy atom. The van der Waals surface area contributed by atoms with Crippen LogP contribution in [-0.4, -0.2) is 40.2 Å². The second-order valence-electron chi connectivity index (χ2n) is 6.15. The molecule has 0 unspecified atom stereocenters. The normalized spacial score (nSPS) is 10.4. The van der Waals surface area contributed by atoms with Crippen LogP contribution in [0, 0.1) is 10.1 Å². The predicted octanol–water partition coefficient (Wildman–Crippen LogP) is 2.54. The second kappa shape index (κ2) is 8.79. The van der Waals surface area contributed by atoms with Crippen LogP contribution in [0.1, 0.15) is 26.3 Å². The molecule has 0 atom stereocenters. The first-order valence-electron chi connectivity index (χ1n) is 8.73. The average molecular weight is 394 g/mol. The molecular weight excluding hydrogens is 376 g/mol. The first-order valence-corrected chi connectivity index (χ1v) is 8.73. The predicted molar refractivity (Wildman–Crippen MR) is 104 cm³/mol. The number of benzene rings is 2. The van der Waals surface area contributed by atoms with Gasteiger partial charge in [-0.05, 0) is 30.2 Å². The fourth-order valence-corrected chi connectivity index (χ4v) is 2.72. The fourth-order valence-electron chi connectivity index (χ4n) is 2.72. The molecule has 0 spiro atoms. The molecule has 0 fully saturated rings. The van der Waals surface area contributed by atoms with Gasteiger partial charge in [0.05, 0.1) is 29.5 Å². The standard InChI is InChI=1S/C20H18N4O5/c1-29-20(26)16-9-15(10-18(11-16)24(27)28)19(25)21-8-7-14-12-22-23(13-14)17-5-3-2-4-6-17/h2-6,9-13H,7-8H2,1H3,(H,21,25). The summed E-state index contributed by atoms with van der Waals surface area (Å²) >= 11 is 0. The first kappa shape index (κ1) is 19.7. The number of para-hydroxylation sites is 1. The van der Waals surface area contributed by atoms with Gasteiger partial charge in [-0.25, -0.2) is 9.48 Å². The van der Waals surface area contributed by atoms with E-state index in [9.17, 15) is 19.7 Å². The van der Waals surface area contributed by atoms with Crippen LogP contribution < -0.4 is 5.32 Å². The number of rotatable bonds is 7. The highest BCUT2D eigenvalue weighted by Crippen LogP contribution is 2.18. The molecule has 148 valence electrons. The number of nitrogens with zero attached hydrogens (tertiary/aromatic N) is 3. The number of aromatic nitrogens is 2. The van der Waals surface area contributed by atoms with Crippen molar-refractivity contribution < 1.29 is 19.2 Å². The summed E-state index contributed by atoms with van der Waals surface area (Å²) in [5.74, 6) is -1.27. The van der Waals surface area contributed by atoms with Crippen molar-refractivity contribution in [2.45, 2.75) is 6.42 Å². The van der Waals surface area contributed by atoms with Crippen LogP contribution >= 0.6 is 0 Å². The van der Waals surface area contributed by atoms with Gasteiger partial charge in [0.25, 0.3) is 11.6 Å². The molecular formula is C20H18N4O5. The van der Waals surface area contributed by atoms with E-state index in [2.05, 4.69) is 15.2 Å². The van der Waals surface area contributed by atoms with Crippen molar-refractivity contribution >= 4 is 17.6 Å². The molecule has 0 aliphatic rings. The number of nitro benzene ring substituents is 1. The lowest BCUT2D eigenvalue weighted by atomic mass is 10.1. The van der Waals surface area contributed by atoms with Crippen LogP contribution in [0.4, 0.5) is 5.69 Å². The fraction of sp³-hybridized carbons (Fsp3) is 0.150. The van der Waals surface area contributed by atoms with E-state index in [1.807, 2.05) is 36.5 Å². The smallest absolute Gasteiger partial charge is 0.338 e. The number of esters is 1. The molecule has 3 aromatic rings. The molecule has 0 saturated heterocycles. The van der Waals surface area contributed by atoms with E-state index in [4.69, 9.17) is 0 Å². The molecule has 0 radical (unpaired) electrons. The number of hydrogen-bond acceptors (Lipinski definition) is 6. The van der Waals surface area contributed by atoms with Crippen molar-refractivity contribution in [2.75, 3.05) is 13.7 Å². The molecule has 0 saturated carbocycles. The third-order valence-electron chi connectivity index (χ3n) is 4.17. The Kier molecular flexibility index (Phi) is 5.98. The lowest BCUT2D eigenvalue weighted by Gasteiger charge is -2.06. The number of amides is 1. The van der Waals surface area contributed by atoms with E-state index in [1.54, 1.807) is 10.9 Å². The third-order valence-corrected chi connectivity index (χ3v) is 4.17. The van der Waals surface area contributed by atoms with E-state index < -0.39 is 16.8 Å². The maximum Gasteiger partial charge on any atom is 0.338 e. The van der Waals surface area contributed by atoms with Crippen molar-refractivity contribution in [2.24, 2.45) is 0 Å². The van der Waals surface area contributed by atoms with Crippen LogP contribution in [0.5, 0.6) is 0 Å². The highest BCUT2D eigenvalue weighted by Gasteiger charge is 2.18. The molecule has 0 aliphatic heterocycles. The number of hydrogen-bond donors (Lipinski definition) is 1. The Labute approximate surface area is 166 Å². The Bertz CT molecular complexity index is 1050. The van der Waals surface area contributed by atoms with E-state index in [-0.39, 0.29) is 16.8 Å². The molecule has 1 amide bonds. The zero-order chi connectivity index (χ0) is 20.8. The molecule has 1 heterocycles. The molecule has 0 bridgehead atoms. The summed E-state index contributed by atoms with van der Waals surface area (Å²) in [4.78, 5) is 34.5. The summed E-state index contributed by atoms with van der Waals surface area (Å²) in [6.07, 6.45) is 4.10. The molecule has 3 rings (SSSR count). The molecule has 0 aliphatic carbocycles. The van der Waals surface area contributed by atoms with E-state index in [0.717, 1.165) is 30.5 Å². The molecule has 9 heteroatoms. The number of nitrogens with one attached hydrogen (secondary N) is 1. The average Bonchev–Trinajstić information content (AvgIpc) is 3.22. The summed E-state index contributed by atoms with van der Waals surface area (Å²) in [7, 11) is 1.16. The van der Waals surface area contributed by atoms with Crippen molar-refractivity contribution in [3.63, 3.8) is 0 Å². The number of non-ortho nitro benzene ring substituents is 1. The molecule has 9 nitrogen and oxygen atoms in total. The SMILES string of the molecule is COC(=O)c1cc(C(=O)NCCc2cnn(-c3ccccc3)c2)cc([N+](=O)[O-])c1. The number of methoxy groups -OCH3 is 1. The van der Waals surface area contributed by atoms with Gasteiger partial charge >= 0.3 is 5.97 Å². The van der Waals surface area contributed by atoms with Gasteiger partial charge in [0.1, 0.15) is 0 Å².